The quantitative estimate of drug-likeness (QED) is 0.693. The van der Waals surface area contributed by atoms with E-state index in [0.29, 0.717) is 36.3 Å². The fourth-order valence-corrected chi connectivity index (χ4v) is 2.98. The summed E-state index contributed by atoms with van der Waals surface area (Å²) in [6.45, 7) is 3.96. The molecule has 1 aliphatic rings. The highest BCUT2D eigenvalue weighted by molar-refractivity contribution is 14.1. The Morgan fingerprint density at radius 2 is 2.05 bits per heavy atom. The van der Waals surface area contributed by atoms with Crippen molar-refractivity contribution in [1.29, 1.82) is 0 Å². The first-order valence-electron chi connectivity index (χ1n) is 6.61. The van der Waals surface area contributed by atoms with Crippen molar-refractivity contribution in [2.45, 2.75) is 13.0 Å². The number of nitrogens with zero attached hydrogens (tertiary/aromatic N) is 1. The molecule has 1 N–H and O–H groups in total. The first-order valence-corrected chi connectivity index (χ1v) is 8.48. The third kappa shape index (κ3) is 4.40. The van der Waals surface area contributed by atoms with Crippen LogP contribution in [0.4, 0.5) is 0 Å². The molecule has 7 heteroatoms. The highest BCUT2D eigenvalue weighted by atomic mass is 127. The standard InChI is InChI=1S/C14H16BrIN2O3/c1-9(14(20)18-4-6-21-7-5-18)17-13(19)11-8-10(16)2-3-12(11)15/h2-3,8-9H,4-7H2,1H3,(H,17,19). The van der Waals surface area contributed by atoms with Gasteiger partial charge >= 0.3 is 0 Å². The van der Waals surface area contributed by atoms with Crippen LogP contribution in [0, 0.1) is 3.57 Å². The van der Waals surface area contributed by atoms with E-state index in [2.05, 4.69) is 43.8 Å². The molecule has 1 atom stereocenters. The predicted molar refractivity (Wildman–Crippen MR) is 91.2 cm³/mol. The Hall–Kier alpha value is -0.670. The van der Waals surface area contributed by atoms with Crippen LogP contribution in [0.25, 0.3) is 0 Å². The first-order chi connectivity index (χ1) is 9.99. The number of halogens is 2. The maximum atomic E-state index is 12.3. The summed E-state index contributed by atoms with van der Waals surface area (Å²) < 4.78 is 6.90. The molecule has 0 saturated carbocycles. The first kappa shape index (κ1) is 16.7. The molecule has 2 amide bonds. The van der Waals surface area contributed by atoms with Crippen LogP contribution in [-0.4, -0.2) is 49.1 Å². The van der Waals surface area contributed by atoms with Crippen LogP contribution in [0.5, 0.6) is 0 Å². The summed E-state index contributed by atoms with van der Waals surface area (Å²) in [6.07, 6.45) is 0. The molecule has 1 saturated heterocycles. The van der Waals surface area contributed by atoms with Crippen molar-refractivity contribution in [3.8, 4) is 0 Å². The maximum Gasteiger partial charge on any atom is 0.253 e. The van der Waals surface area contributed by atoms with Gasteiger partial charge in [-0.1, -0.05) is 0 Å². The van der Waals surface area contributed by atoms with Gasteiger partial charge in [-0.25, -0.2) is 0 Å². The molecule has 5 nitrogen and oxygen atoms in total. The molecule has 0 aliphatic carbocycles. The van der Waals surface area contributed by atoms with Gasteiger partial charge in [0.1, 0.15) is 6.04 Å². The summed E-state index contributed by atoms with van der Waals surface area (Å²) >= 11 is 5.51. The molecule has 114 valence electrons. The summed E-state index contributed by atoms with van der Waals surface area (Å²) in [6, 6.07) is 4.96. The number of carbonyl (C=O) groups excluding carboxylic acids is 2. The summed E-state index contributed by atoms with van der Waals surface area (Å²) in [5, 5.41) is 2.76. The second-order valence-electron chi connectivity index (χ2n) is 4.76. The Kier molecular flexibility index (Phi) is 6.00. The SMILES string of the molecule is CC(NC(=O)c1cc(I)ccc1Br)C(=O)N1CCOCC1. The molecular formula is C14H16BrIN2O3. The predicted octanol–water partition coefficient (Wildman–Crippen LogP) is 2.03. The molecule has 1 heterocycles. The van der Waals surface area contributed by atoms with Crippen LogP contribution in [-0.2, 0) is 9.53 Å². The van der Waals surface area contributed by atoms with Crippen molar-refractivity contribution in [3.05, 3.63) is 31.8 Å². The summed E-state index contributed by atoms with van der Waals surface area (Å²) in [4.78, 5) is 26.3. The fraction of sp³-hybridized carbons (Fsp3) is 0.429. The van der Waals surface area contributed by atoms with E-state index in [1.165, 1.54) is 0 Å². The number of amides is 2. The summed E-state index contributed by atoms with van der Waals surface area (Å²) in [5.74, 6) is -0.331. The van der Waals surface area contributed by atoms with Gasteiger partial charge in [-0.05, 0) is 63.6 Å². The van der Waals surface area contributed by atoms with E-state index >= 15 is 0 Å². The van der Waals surface area contributed by atoms with Gasteiger partial charge in [0.15, 0.2) is 0 Å². The Morgan fingerprint density at radius 1 is 1.38 bits per heavy atom. The zero-order valence-electron chi connectivity index (χ0n) is 11.6. The Morgan fingerprint density at radius 3 is 2.71 bits per heavy atom. The van der Waals surface area contributed by atoms with E-state index in [1.54, 1.807) is 17.9 Å². The van der Waals surface area contributed by atoms with E-state index in [-0.39, 0.29) is 11.8 Å². The van der Waals surface area contributed by atoms with Gasteiger partial charge in [-0.3, -0.25) is 9.59 Å². The zero-order valence-corrected chi connectivity index (χ0v) is 15.3. The van der Waals surface area contributed by atoms with Crippen molar-refractivity contribution in [2.24, 2.45) is 0 Å². The van der Waals surface area contributed by atoms with Crippen LogP contribution in [0.2, 0.25) is 0 Å². The van der Waals surface area contributed by atoms with E-state index in [4.69, 9.17) is 4.74 Å². The number of nitrogens with one attached hydrogen (secondary N) is 1. The van der Waals surface area contributed by atoms with E-state index in [9.17, 15) is 9.59 Å². The molecule has 1 aliphatic heterocycles. The molecular weight excluding hydrogens is 451 g/mol. The minimum absolute atomic E-state index is 0.0756. The van der Waals surface area contributed by atoms with Gasteiger partial charge in [0, 0.05) is 21.1 Å². The topological polar surface area (TPSA) is 58.6 Å². The molecule has 2 rings (SSSR count). The van der Waals surface area contributed by atoms with Crippen molar-refractivity contribution >= 4 is 50.3 Å². The van der Waals surface area contributed by atoms with Gasteiger partial charge in [0.25, 0.3) is 5.91 Å². The summed E-state index contributed by atoms with van der Waals surface area (Å²) in [5.41, 5.74) is 0.531. The third-order valence-corrected chi connectivity index (χ3v) is 4.58. The minimum atomic E-state index is -0.555. The highest BCUT2D eigenvalue weighted by Gasteiger charge is 2.24. The Balaban J connectivity index is 2.01. The van der Waals surface area contributed by atoms with E-state index in [1.807, 2.05) is 12.1 Å². The maximum absolute atomic E-state index is 12.3. The van der Waals surface area contributed by atoms with Gasteiger partial charge in [0.05, 0.1) is 18.8 Å². The number of rotatable bonds is 3. The minimum Gasteiger partial charge on any atom is -0.378 e. The van der Waals surface area contributed by atoms with Crippen LogP contribution in [0.1, 0.15) is 17.3 Å². The number of hydrogen-bond donors (Lipinski definition) is 1. The lowest BCUT2D eigenvalue weighted by molar-refractivity contribution is -0.136. The molecule has 0 radical (unpaired) electrons. The number of morpholine rings is 1. The summed E-state index contributed by atoms with van der Waals surface area (Å²) in [7, 11) is 0. The highest BCUT2D eigenvalue weighted by Crippen LogP contribution is 2.19. The van der Waals surface area contributed by atoms with Gasteiger partial charge in [-0.2, -0.15) is 0 Å². The molecule has 0 bridgehead atoms. The number of hydrogen-bond acceptors (Lipinski definition) is 3. The van der Waals surface area contributed by atoms with Crippen LogP contribution in [0.3, 0.4) is 0 Å². The Bertz CT molecular complexity index is 547. The number of carbonyl (C=O) groups is 2. The van der Waals surface area contributed by atoms with Crippen molar-refractivity contribution in [1.82, 2.24) is 10.2 Å². The van der Waals surface area contributed by atoms with Crippen LogP contribution in [0.15, 0.2) is 22.7 Å². The molecule has 1 aromatic carbocycles. The van der Waals surface area contributed by atoms with E-state index in [0.717, 1.165) is 3.57 Å². The van der Waals surface area contributed by atoms with Gasteiger partial charge < -0.3 is 15.0 Å². The number of benzene rings is 1. The average molecular weight is 467 g/mol. The molecule has 0 aromatic heterocycles. The van der Waals surface area contributed by atoms with Gasteiger partial charge in [0.2, 0.25) is 5.91 Å². The molecule has 1 unspecified atom stereocenters. The molecule has 1 fully saturated rings. The normalized spacial score (nSPS) is 16.4. The monoisotopic (exact) mass is 466 g/mol. The molecule has 1 aromatic rings. The van der Waals surface area contributed by atoms with Gasteiger partial charge in [-0.15, -0.1) is 0 Å². The Labute approximate surface area is 145 Å². The smallest absolute Gasteiger partial charge is 0.253 e. The molecule has 21 heavy (non-hydrogen) atoms. The largest absolute Gasteiger partial charge is 0.378 e. The lowest BCUT2D eigenvalue weighted by Crippen LogP contribution is -2.50. The van der Waals surface area contributed by atoms with Crippen molar-refractivity contribution < 1.29 is 14.3 Å². The van der Waals surface area contributed by atoms with Crippen LogP contribution >= 0.6 is 38.5 Å². The second-order valence-corrected chi connectivity index (χ2v) is 6.86. The second kappa shape index (κ2) is 7.55. The average Bonchev–Trinajstić information content (AvgIpc) is 2.49. The van der Waals surface area contributed by atoms with Crippen molar-refractivity contribution in [2.75, 3.05) is 26.3 Å². The third-order valence-electron chi connectivity index (χ3n) is 3.21. The van der Waals surface area contributed by atoms with Crippen LogP contribution < -0.4 is 5.32 Å². The van der Waals surface area contributed by atoms with E-state index < -0.39 is 6.04 Å². The zero-order chi connectivity index (χ0) is 15.4. The lowest BCUT2D eigenvalue weighted by Gasteiger charge is -2.29. The number of ether oxygens (including phenoxy) is 1. The fourth-order valence-electron chi connectivity index (χ4n) is 2.07. The van der Waals surface area contributed by atoms with Crippen molar-refractivity contribution in [3.63, 3.8) is 0 Å². The molecule has 0 spiro atoms. The lowest BCUT2D eigenvalue weighted by atomic mass is 10.2.